The normalized spacial score (nSPS) is 12.4. The number of carbonyl (C=O) groups excluding carboxylic acids is 1. The summed E-state index contributed by atoms with van der Waals surface area (Å²) in [6.07, 6.45) is 3.99. The zero-order valence-electron chi connectivity index (χ0n) is 9.23. The predicted octanol–water partition coefficient (Wildman–Crippen LogP) is 3.63. The topological polar surface area (TPSA) is 37.3 Å². The second-order valence-corrected chi connectivity index (χ2v) is 5.08. The Bertz CT molecular complexity index is 311. The van der Waals surface area contributed by atoms with Crippen molar-refractivity contribution in [2.24, 2.45) is 0 Å². The van der Waals surface area contributed by atoms with Crippen LogP contribution in [-0.2, 0) is 4.79 Å². The van der Waals surface area contributed by atoms with Gasteiger partial charge in [-0.15, -0.1) is 0 Å². The van der Waals surface area contributed by atoms with Gasteiger partial charge in [-0.3, -0.25) is 4.79 Å². The van der Waals surface area contributed by atoms with Crippen LogP contribution in [0.15, 0.2) is 30.3 Å². The zero-order chi connectivity index (χ0) is 11.8. The number of unbranched alkanes of at least 4 members (excludes halogenated alkanes) is 2. The number of benzene rings is 1. The molecular formula is C13H17IO2. The highest BCUT2D eigenvalue weighted by atomic mass is 127. The molecule has 88 valence electrons. The third-order valence-electron chi connectivity index (χ3n) is 2.54. The quantitative estimate of drug-likeness (QED) is 0.470. The van der Waals surface area contributed by atoms with Gasteiger partial charge in [0.15, 0.2) is 3.79 Å². The summed E-state index contributed by atoms with van der Waals surface area (Å²) in [5, 5.41) is 9.86. The van der Waals surface area contributed by atoms with Gasteiger partial charge in [-0.05, 0) is 41.0 Å². The molecule has 0 amide bonds. The van der Waals surface area contributed by atoms with E-state index < -0.39 is 0 Å². The molecule has 0 saturated heterocycles. The Balaban J connectivity index is 2.16. The number of aliphatic hydroxyl groups is 1. The van der Waals surface area contributed by atoms with Gasteiger partial charge >= 0.3 is 0 Å². The number of rotatable bonds is 7. The first-order valence-electron chi connectivity index (χ1n) is 5.61. The lowest BCUT2D eigenvalue weighted by atomic mass is 10.0. The van der Waals surface area contributed by atoms with Crippen molar-refractivity contribution in [2.45, 2.75) is 38.2 Å². The Morgan fingerprint density at radius 1 is 1.19 bits per heavy atom. The molecule has 1 aromatic carbocycles. The van der Waals surface area contributed by atoms with Crippen LogP contribution in [0.3, 0.4) is 0 Å². The third kappa shape index (κ3) is 5.61. The number of hydrogen-bond acceptors (Lipinski definition) is 2. The second-order valence-electron chi connectivity index (χ2n) is 3.88. The fraction of sp³-hybridized carbons (Fsp3) is 0.462. The third-order valence-corrected chi connectivity index (χ3v) is 3.07. The molecule has 1 N–H and O–H groups in total. The van der Waals surface area contributed by atoms with Crippen LogP contribution >= 0.6 is 22.6 Å². The molecule has 0 heterocycles. The summed E-state index contributed by atoms with van der Waals surface area (Å²) in [5.41, 5.74) is 0.979. The van der Waals surface area contributed by atoms with Gasteiger partial charge in [0.05, 0.1) is 6.10 Å². The number of aliphatic hydroxyl groups excluding tert-OH is 1. The maximum atomic E-state index is 10.7. The van der Waals surface area contributed by atoms with Gasteiger partial charge in [-0.2, -0.15) is 0 Å². The molecule has 0 fully saturated rings. The molecule has 0 radical (unpaired) electrons. The van der Waals surface area contributed by atoms with Crippen LogP contribution in [0.25, 0.3) is 0 Å². The highest BCUT2D eigenvalue weighted by Gasteiger charge is 2.06. The minimum atomic E-state index is -0.364. The first-order valence-corrected chi connectivity index (χ1v) is 6.69. The summed E-state index contributed by atoms with van der Waals surface area (Å²) in [4.78, 5) is 10.7. The van der Waals surface area contributed by atoms with Crippen molar-refractivity contribution >= 4 is 26.4 Å². The number of carbonyl (C=O) groups is 1. The van der Waals surface area contributed by atoms with Crippen molar-refractivity contribution in [1.29, 1.82) is 0 Å². The maximum absolute atomic E-state index is 10.7. The molecule has 0 aliphatic heterocycles. The molecule has 1 unspecified atom stereocenters. The molecule has 3 heteroatoms. The minimum Gasteiger partial charge on any atom is -0.388 e. The maximum Gasteiger partial charge on any atom is 0.192 e. The summed E-state index contributed by atoms with van der Waals surface area (Å²) in [6.45, 7) is 0. The number of hydrogen-bond donors (Lipinski definition) is 1. The minimum absolute atomic E-state index is 0.223. The monoisotopic (exact) mass is 332 g/mol. The van der Waals surface area contributed by atoms with E-state index in [-0.39, 0.29) is 9.89 Å². The molecule has 0 aromatic heterocycles. The molecule has 0 aliphatic rings. The predicted molar refractivity (Wildman–Crippen MR) is 73.5 cm³/mol. The van der Waals surface area contributed by atoms with Crippen molar-refractivity contribution in [2.75, 3.05) is 0 Å². The Kier molecular flexibility index (Phi) is 6.64. The molecule has 1 atom stereocenters. The lowest BCUT2D eigenvalue weighted by Crippen LogP contribution is -1.97. The Labute approximate surface area is 110 Å². The van der Waals surface area contributed by atoms with Crippen molar-refractivity contribution in [3.05, 3.63) is 35.9 Å². The van der Waals surface area contributed by atoms with Crippen molar-refractivity contribution < 1.29 is 9.90 Å². The van der Waals surface area contributed by atoms with Crippen molar-refractivity contribution in [3.63, 3.8) is 0 Å². The summed E-state index contributed by atoms with van der Waals surface area (Å²) in [6, 6.07) is 9.71. The molecule has 0 bridgehead atoms. The molecule has 16 heavy (non-hydrogen) atoms. The Morgan fingerprint density at radius 2 is 1.88 bits per heavy atom. The standard InChI is InChI=1S/C13H17IO2/c14-13(16)10-6-2-5-9-12(15)11-7-3-1-4-8-11/h1,3-4,7-8,12,15H,2,5-6,9-10H2. The van der Waals surface area contributed by atoms with Crippen LogP contribution < -0.4 is 0 Å². The molecule has 0 spiro atoms. The summed E-state index contributed by atoms with van der Waals surface area (Å²) in [5.74, 6) is 0. The molecular weight excluding hydrogens is 315 g/mol. The van der Waals surface area contributed by atoms with Gasteiger partial charge < -0.3 is 5.11 Å². The largest absolute Gasteiger partial charge is 0.388 e. The summed E-state index contributed by atoms with van der Waals surface area (Å²) in [7, 11) is 0. The van der Waals surface area contributed by atoms with E-state index in [0.717, 1.165) is 31.2 Å². The zero-order valence-corrected chi connectivity index (χ0v) is 11.4. The first kappa shape index (κ1) is 13.6. The van der Waals surface area contributed by atoms with Gasteiger partial charge in [0, 0.05) is 6.42 Å². The van der Waals surface area contributed by atoms with Crippen LogP contribution in [0.5, 0.6) is 0 Å². The Morgan fingerprint density at radius 3 is 2.50 bits per heavy atom. The van der Waals surface area contributed by atoms with E-state index in [9.17, 15) is 9.90 Å². The average Bonchev–Trinajstić information content (AvgIpc) is 2.29. The molecule has 0 aliphatic carbocycles. The van der Waals surface area contributed by atoms with Gasteiger partial charge in [0.25, 0.3) is 0 Å². The van der Waals surface area contributed by atoms with Gasteiger partial charge in [-0.1, -0.05) is 43.2 Å². The fourth-order valence-electron chi connectivity index (χ4n) is 1.62. The Hall–Kier alpha value is -0.420. The molecule has 1 aromatic rings. The van der Waals surface area contributed by atoms with Crippen LogP contribution in [0.2, 0.25) is 0 Å². The van der Waals surface area contributed by atoms with Gasteiger partial charge in [0.1, 0.15) is 0 Å². The lowest BCUT2D eigenvalue weighted by Gasteiger charge is -2.10. The molecule has 1 rings (SSSR count). The van der Waals surface area contributed by atoms with E-state index in [2.05, 4.69) is 0 Å². The fourth-order valence-corrected chi connectivity index (χ4v) is 2.00. The van der Waals surface area contributed by atoms with Crippen molar-refractivity contribution in [1.82, 2.24) is 0 Å². The highest BCUT2D eigenvalue weighted by molar-refractivity contribution is 14.1. The van der Waals surface area contributed by atoms with E-state index in [4.69, 9.17) is 0 Å². The van der Waals surface area contributed by atoms with E-state index in [1.807, 2.05) is 52.9 Å². The van der Waals surface area contributed by atoms with Crippen LogP contribution in [0.4, 0.5) is 0 Å². The average molecular weight is 332 g/mol. The summed E-state index contributed by atoms with van der Waals surface area (Å²) >= 11 is 1.83. The molecule has 0 saturated carbocycles. The second kappa shape index (κ2) is 7.79. The van der Waals surface area contributed by atoms with Crippen LogP contribution in [-0.4, -0.2) is 8.90 Å². The van der Waals surface area contributed by atoms with E-state index in [1.165, 1.54) is 0 Å². The smallest absolute Gasteiger partial charge is 0.192 e. The SMILES string of the molecule is O=C(I)CCCCCC(O)c1ccccc1. The lowest BCUT2D eigenvalue weighted by molar-refractivity contribution is -0.109. The van der Waals surface area contributed by atoms with Crippen LogP contribution in [0.1, 0.15) is 43.8 Å². The highest BCUT2D eigenvalue weighted by Crippen LogP contribution is 2.19. The van der Waals surface area contributed by atoms with Crippen LogP contribution in [0, 0.1) is 0 Å². The van der Waals surface area contributed by atoms with E-state index >= 15 is 0 Å². The van der Waals surface area contributed by atoms with Crippen molar-refractivity contribution in [3.8, 4) is 0 Å². The first-order chi connectivity index (χ1) is 7.70. The molecule has 2 nitrogen and oxygen atoms in total. The van der Waals surface area contributed by atoms with E-state index in [1.54, 1.807) is 0 Å². The van der Waals surface area contributed by atoms with E-state index in [0.29, 0.717) is 6.42 Å². The van der Waals surface area contributed by atoms with Gasteiger partial charge in [0.2, 0.25) is 0 Å². The summed E-state index contributed by atoms with van der Waals surface area (Å²) < 4.78 is 0.223. The van der Waals surface area contributed by atoms with Gasteiger partial charge in [-0.25, -0.2) is 0 Å². The number of halogens is 1.